The Labute approximate surface area is 117 Å². The second-order valence-electron chi connectivity index (χ2n) is 4.53. The molecular weight excluding hydrogens is 250 g/mol. The maximum atomic E-state index is 10.1. The molecule has 100 valence electrons. The van der Waals surface area contributed by atoms with Crippen molar-refractivity contribution in [3.05, 3.63) is 54.5 Å². The molecule has 0 atom stereocenters. The largest absolute Gasteiger partial charge is 0.507 e. The van der Waals surface area contributed by atoms with E-state index in [-0.39, 0.29) is 5.75 Å². The van der Waals surface area contributed by atoms with Crippen LogP contribution < -0.4 is 0 Å². The zero-order valence-corrected chi connectivity index (χ0v) is 11.2. The van der Waals surface area contributed by atoms with Crippen LogP contribution in [0.3, 0.4) is 0 Å². The lowest BCUT2D eigenvalue weighted by Gasteiger charge is -2.07. The summed E-state index contributed by atoms with van der Waals surface area (Å²) in [6, 6.07) is 11.2. The van der Waals surface area contributed by atoms with Gasteiger partial charge in [0.2, 0.25) is 0 Å². The maximum absolute atomic E-state index is 10.1. The van der Waals surface area contributed by atoms with E-state index in [1.54, 1.807) is 18.5 Å². The van der Waals surface area contributed by atoms with Gasteiger partial charge in [0, 0.05) is 34.8 Å². The molecule has 0 aliphatic carbocycles. The third-order valence-corrected chi connectivity index (χ3v) is 3.32. The highest BCUT2D eigenvalue weighted by Crippen LogP contribution is 2.37. The Morgan fingerprint density at radius 2 is 1.85 bits per heavy atom. The average molecular weight is 265 g/mol. The maximum Gasteiger partial charge on any atom is 0.123 e. The number of H-pyrrole nitrogens is 1. The number of hydrogen-bond donors (Lipinski definition) is 2. The molecule has 0 aliphatic rings. The molecule has 0 amide bonds. The number of phenols is 1. The SMILES string of the molecule is CCc1[nH]nc(-c2ccncc2)c1-c1ccccc1O. The van der Waals surface area contributed by atoms with E-state index in [0.717, 1.165) is 34.5 Å². The molecule has 20 heavy (non-hydrogen) atoms. The van der Waals surface area contributed by atoms with Gasteiger partial charge in [0.25, 0.3) is 0 Å². The van der Waals surface area contributed by atoms with E-state index in [9.17, 15) is 5.11 Å². The smallest absolute Gasteiger partial charge is 0.123 e. The predicted octanol–water partition coefficient (Wildman–Crippen LogP) is 3.41. The Hall–Kier alpha value is -2.62. The summed E-state index contributed by atoms with van der Waals surface area (Å²) >= 11 is 0. The molecule has 0 radical (unpaired) electrons. The van der Waals surface area contributed by atoms with Gasteiger partial charge in [-0.1, -0.05) is 25.1 Å². The van der Waals surface area contributed by atoms with Crippen molar-refractivity contribution in [2.75, 3.05) is 0 Å². The molecule has 1 aromatic carbocycles. The lowest BCUT2D eigenvalue weighted by Crippen LogP contribution is -1.87. The van der Waals surface area contributed by atoms with Gasteiger partial charge >= 0.3 is 0 Å². The number of aromatic nitrogens is 3. The third-order valence-electron chi connectivity index (χ3n) is 3.32. The highest BCUT2D eigenvalue weighted by Gasteiger charge is 2.17. The summed E-state index contributed by atoms with van der Waals surface area (Å²) in [6.07, 6.45) is 4.30. The molecule has 0 spiro atoms. The molecule has 0 bridgehead atoms. The van der Waals surface area contributed by atoms with E-state index in [4.69, 9.17) is 0 Å². The summed E-state index contributed by atoms with van der Waals surface area (Å²) in [5.74, 6) is 0.263. The summed E-state index contributed by atoms with van der Waals surface area (Å²) < 4.78 is 0. The molecule has 3 aromatic rings. The van der Waals surface area contributed by atoms with Crippen LogP contribution in [0, 0.1) is 0 Å². The molecule has 2 N–H and O–H groups in total. The van der Waals surface area contributed by atoms with Gasteiger partial charge < -0.3 is 5.11 Å². The number of nitrogens with one attached hydrogen (secondary N) is 1. The number of phenolic OH excluding ortho intramolecular Hbond substituents is 1. The van der Waals surface area contributed by atoms with Crippen LogP contribution in [-0.2, 0) is 6.42 Å². The number of para-hydroxylation sites is 1. The van der Waals surface area contributed by atoms with Crippen molar-refractivity contribution in [3.8, 4) is 28.1 Å². The Kier molecular flexibility index (Phi) is 3.21. The molecule has 0 aliphatic heterocycles. The van der Waals surface area contributed by atoms with Crippen molar-refractivity contribution < 1.29 is 5.11 Å². The van der Waals surface area contributed by atoms with Crippen molar-refractivity contribution in [1.29, 1.82) is 0 Å². The third kappa shape index (κ3) is 2.05. The number of aryl methyl sites for hydroxylation is 1. The van der Waals surface area contributed by atoms with E-state index in [0.29, 0.717) is 0 Å². The number of hydrogen-bond acceptors (Lipinski definition) is 3. The topological polar surface area (TPSA) is 61.8 Å². The molecule has 4 nitrogen and oxygen atoms in total. The van der Waals surface area contributed by atoms with Crippen molar-refractivity contribution >= 4 is 0 Å². The first kappa shape index (κ1) is 12.4. The van der Waals surface area contributed by atoms with E-state index in [1.807, 2.05) is 30.3 Å². The lowest BCUT2D eigenvalue weighted by atomic mass is 9.98. The quantitative estimate of drug-likeness (QED) is 0.763. The van der Waals surface area contributed by atoms with Crippen molar-refractivity contribution in [2.45, 2.75) is 13.3 Å². The van der Waals surface area contributed by atoms with Crippen molar-refractivity contribution in [3.63, 3.8) is 0 Å². The van der Waals surface area contributed by atoms with Gasteiger partial charge in [0.15, 0.2) is 0 Å². The van der Waals surface area contributed by atoms with Crippen LogP contribution in [0.15, 0.2) is 48.8 Å². The fraction of sp³-hybridized carbons (Fsp3) is 0.125. The molecule has 2 heterocycles. The standard InChI is InChI=1S/C16H15N3O/c1-2-13-15(12-5-3-4-6-14(12)20)16(19-18-13)11-7-9-17-10-8-11/h3-10,20H,2H2,1H3,(H,18,19). The first-order valence-corrected chi connectivity index (χ1v) is 6.57. The predicted molar refractivity (Wildman–Crippen MR) is 78.3 cm³/mol. The zero-order chi connectivity index (χ0) is 13.9. The minimum atomic E-state index is 0.263. The molecule has 3 rings (SSSR count). The Morgan fingerprint density at radius 3 is 2.55 bits per heavy atom. The Morgan fingerprint density at radius 1 is 1.10 bits per heavy atom. The molecule has 0 saturated heterocycles. The van der Waals surface area contributed by atoms with Crippen LogP contribution in [0.2, 0.25) is 0 Å². The minimum absolute atomic E-state index is 0.263. The highest BCUT2D eigenvalue weighted by atomic mass is 16.3. The van der Waals surface area contributed by atoms with Crippen LogP contribution in [0.1, 0.15) is 12.6 Å². The van der Waals surface area contributed by atoms with Gasteiger partial charge in [-0.3, -0.25) is 10.1 Å². The normalized spacial score (nSPS) is 10.7. The second-order valence-corrected chi connectivity index (χ2v) is 4.53. The summed E-state index contributed by atoms with van der Waals surface area (Å²) in [5.41, 5.74) is 4.58. The fourth-order valence-corrected chi connectivity index (χ4v) is 2.33. The van der Waals surface area contributed by atoms with E-state index < -0.39 is 0 Å². The van der Waals surface area contributed by atoms with Crippen LogP contribution in [0.4, 0.5) is 0 Å². The van der Waals surface area contributed by atoms with E-state index >= 15 is 0 Å². The summed E-state index contributed by atoms with van der Waals surface area (Å²) in [7, 11) is 0. The van der Waals surface area contributed by atoms with Gasteiger partial charge in [-0.15, -0.1) is 0 Å². The molecule has 2 aromatic heterocycles. The number of rotatable bonds is 3. The lowest BCUT2D eigenvalue weighted by molar-refractivity contribution is 0.477. The van der Waals surface area contributed by atoms with Crippen molar-refractivity contribution in [2.24, 2.45) is 0 Å². The van der Waals surface area contributed by atoms with Crippen LogP contribution in [0.25, 0.3) is 22.4 Å². The number of aromatic hydroxyl groups is 1. The molecule has 0 fully saturated rings. The molecule has 4 heteroatoms. The van der Waals surface area contributed by atoms with Crippen LogP contribution in [-0.4, -0.2) is 20.3 Å². The fourth-order valence-electron chi connectivity index (χ4n) is 2.33. The number of benzene rings is 1. The first-order valence-electron chi connectivity index (χ1n) is 6.57. The molecule has 0 unspecified atom stereocenters. The van der Waals surface area contributed by atoms with Crippen LogP contribution in [0.5, 0.6) is 5.75 Å². The molecular formula is C16H15N3O. The monoisotopic (exact) mass is 265 g/mol. The zero-order valence-electron chi connectivity index (χ0n) is 11.2. The Balaban J connectivity index is 2.24. The summed E-state index contributed by atoms with van der Waals surface area (Å²) in [4.78, 5) is 4.03. The van der Waals surface area contributed by atoms with Crippen molar-refractivity contribution in [1.82, 2.24) is 15.2 Å². The second kappa shape index (κ2) is 5.17. The average Bonchev–Trinajstić information content (AvgIpc) is 2.92. The summed E-state index contributed by atoms with van der Waals surface area (Å²) in [6.45, 7) is 2.06. The number of nitrogens with zero attached hydrogens (tertiary/aromatic N) is 2. The number of aromatic amines is 1. The van der Waals surface area contributed by atoms with Gasteiger partial charge in [0.05, 0.1) is 0 Å². The van der Waals surface area contributed by atoms with Gasteiger partial charge in [0.1, 0.15) is 11.4 Å². The molecule has 0 saturated carbocycles. The van der Waals surface area contributed by atoms with E-state index in [1.165, 1.54) is 0 Å². The Bertz CT molecular complexity index is 720. The van der Waals surface area contributed by atoms with Gasteiger partial charge in [-0.05, 0) is 24.6 Å². The summed E-state index contributed by atoms with van der Waals surface area (Å²) in [5, 5.41) is 17.6. The highest BCUT2D eigenvalue weighted by molar-refractivity contribution is 5.85. The van der Waals surface area contributed by atoms with E-state index in [2.05, 4.69) is 22.1 Å². The first-order chi connectivity index (χ1) is 9.81. The van der Waals surface area contributed by atoms with Gasteiger partial charge in [-0.2, -0.15) is 5.10 Å². The number of pyridine rings is 1. The minimum Gasteiger partial charge on any atom is -0.507 e. The van der Waals surface area contributed by atoms with Crippen LogP contribution >= 0.6 is 0 Å². The van der Waals surface area contributed by atoms with Gasteiger partial charge in [-0.25, -0.2) is 0 Å².